The van der Waals surface area contributed by atoms with Crippen LogP contribution in [0.3, 0.4) is 0 Å². The molecular formula is C28H32N4O. The zero-order valence-corrected chi connectivity index (χ0v) is 19.7. The van der Waals surface area contributed by atoms with Crippen molar-refractivity contribution < 1.29 is 4.79 Å². The maximum absolute atomic E-state index is 13.1. The molecule has 0 bridgehead atoms. The molecule has 1 unspecified atom stereocenters. The Morgan fingerprint density at radius 1 is 1.00 bits per heavy atom. The zero-order chi connectivity index (χ0) is 23.2. The Morgan fingerprint density at radius 3 is 2.33 bits per heavy atom. The van der Waals surface area contributed by atoms with E-state index in [-0.39, 0.29) is 11.7 Å². The van der Waals surface area contributed by atoms with E-state index in [0.717, 1.165) is 25.9 Å². The highest BCUT2D eigenvalue weighted by Crippen LogP contribution is 2.48. The maximum atomic E-state index is 13.1. The second kappa shape index (κ2) is 10.5. The topological polar surface area (TPSA) is 57.4 Å². The van der Waals surface area contributed by atoms with Gasteiger partial charge in [-0.3, -0.25) is 9.79 Å². The SMILES string of the molecule is C/C=C\C=NC(C)=NC(=NC)C(=O)N1C[C@H]2CC(c3ccccc3-c3ccccc3)C[C@H]2C1. The van der Waals surface area contributed by atoms with Crippen LogP contribution in [0.5, 0.6) is 0 Å². The first kappa shape index (κ1) is 22.8. The Hall–Kier alpha value is -3.34. The third-order valence-electron chi connectivity index (χ3n) is 6.73. The summed E-state index contributed by atoms with van der Waals surface area (Å²) in [6, 6.07) is 19.4. The summed E-state index contributed by atoms with van der Waals surface area (Å²) < 4.78 is 0. The molecule has 0 aromatic heterocycles. The van der Waals surface area contributed by atoms with Gasteiger partial charge < -0.3 is 4.90 Å². The van der Waals surface area contributed by atoms with Gasteiger partial charge >= 0.3 is 0 Å². The van der Waals surface area contributed by atoms with Gasteiger partial charge in [0.2, 0.25) is 5.84 Å². The van der Waals surface area contributed by atoms with Gasteiger partial charge in [0.25, 0.3) is 5.91 Å². The van der Waals surface area contributed by atoms with Gasteiger partial charge in [0.15, 0.2) is 0 Å². The third kappa shape index (κ3) is 5.19. The van der Waals surface area contributed by atoms with Crippen LogP contribution in [-0.2, 0) is 4.79 Å². The van der Waals surface area contributed by atoms with Gasteiger partial charge in [-0.05, 0) is 67.2 Å². The van der Waals surface area contributed by atoms with Crippen LogP contribution >= 0.6 is 0 Å². The quantitative estimate of drug-likeness (QED) is 0.466. The van der Waals surface area contributed by atoms with Gasteiger partial charge in [-0.25, -0.2) is 9.98 Å². The molecule has 1 amide bonds. The molecule has 1 saturated heterocycles. The number of likely N-dealkylation sites (tertiary alicyclic amines) is 1. The van der Waals surface area contributed by atoms with Gasteiger partial charge in [-0.1, -0.05) is 60.7 Å². The average molecular weight is 441 g/mol. The largest absolute Gasteiger partial charge is 0.335 e. The number of hydrogen-bond acceptors (Lipinski definition) is 2. The van der Waals surface area contributed by atoms with Crippen molar-refractivity contribution in [2.45, 2.75) is 32.6 Å². The fraction of sp³-hybridized carbons (Fsp3) is 0.357. The molecule has 5 nitrogen and oxygen atoms in total. The van der Waals surface area contributed by atoms with Crippen LogP contribution in [0.1, 0.15) is 38.2 Å². The highest BCUT2D eigenvalue weighted by molar-refractivity contribution is 6.39. The summed E-state index contributed by atoms with van der Waals surface area (Å²) in [6.07, 6.45) is 7.63. The van der Waals surface area contributed by atoms with Crippen LogP contribution in [0.25, 0.3) is 11.1 Å². The number of carbonyl (C=O) groups is 1. The van der Waals surface area contributed by atoms with E-state index in [1.165, 1.54) is 16.7 Å². The molecule has 1 aliphatic carbocycles. The Kier molecular flexibility index (Phi) is 7.28. The van der Waals surface area contributed by atoms with Gasteiger partial charge in [-0.2, -0.15) is 0 Å². The highest BCUT2D eigenvalue weighted by atomic mass is 16.2. The number of benzene rings is 2. The van der Waals surface area contributed by atoms with Crippen LogP contribution in [0.15, 0.2) is 81.7 Å². The third-order valence-corrected chi connectivity index (χ3v) is 6.73. The number of aliphatic imine (C=N–C) groups is 3. The lowest BCUT2D eigenvalue weighted by molar-refractivity contribution is -0.123. The first-order valence-electron chi connectivity index (χ1n) is 11.7. The molecule has 5 heteroatoms. The summed E-state index contributed by atoms with van der Waals surface area (Å²) in [5.74, 6) is 2.26. The number of nitrogens with zero attached hydrogens (tertiary/aromatic N) is 4. The van der Waals surface area contributed by atoms with Gasteiger partial charge in [-0.15, -0.1) is 0 Å². The van der Waals surface area contributed by atoms with Crippen molar-refractivity contribution in [2.24, 2.45) is 26.8 Å². The second-order valence-electron chi connectivity index (χ2n) is 8.86. The van der Waals surface area contributed by atoms with Crippen LogP contribution in [0.4, 0.5) is 0 Å². The van der Waals surface area contributed by atoms with Crippen molar-refractivity contribution >= 4 is 23.8 Å². The molecule has 1 heterocycles. The molecule has 0 radical (unpaired) electrons. The predicted molar refractivity (Wildman–Crippen MR) is 137 cm³/mol. The normalized spacial score (nSPS) is 23.6. The molecule has 2 aromatic rings. The maximum Gasteiger partial charge on any atom is 0.291 e. The Balaban J connectivity index is 1.43. The van der Waals surface area contributed by atoms with Crippen LogP contribution in [0.2, 0.25) is 0 Å². The summed E-state index contributed by atoms with van der Waals surface area (Å²) >= 11 is 0. The molecule has 1 aliphatic heterocycles. The number of amidine groups is 2. The zero-order valence-electron chi connectivity index (χ0n) is 19.7. The molecule has 2 fully saturated rings. The number of allylic oxidation sites excluding steroid dienone is 2. The Labute approximate surface area is 196 Å². The van der Waals surface area contributed by atoms with E-state index in [9.17, 15) is 4.79 Å². The molecule has 0 N–H and O–H groups in total. The fourth-order valence-electron chi connectivity index (χ4n) is 5.21. The second-order valence-corrected chi connectivity index (χ2v) is 8.86. The van der Waals surface area contributed by atoms with E-state index in [4.69, 9.17) is 0 Å². The first-order valence-corrected chi connectivity index (χ1v) is 11.7. The minimum atomic E-state index is -0.0891. The van der Waals surface area contributed by atoms with Crippen LogP contribution < -0.4 is 0 Å². The van der Waals surface area contributed by atoms with Crippen molar-refractivity contribution in [3.8, 4) is 11.1 Å². The van der Waals surface area contributed by atoms with E-state index < -0.39 is 0 Å². The van der Waals surface area contributed by atoms with E-state index in [1.54, 1.807) is 20.2 Å². The van der Waals surface area contributed by atoms with Crippen LogP contribution in [0, 0.1) is 11.8 Å². The van der Waals surface area contributed by atoms with E-state index in [0.29, 0.717) is 23.6 Å². The smallest absolute Gasteiger partial charge is 0.291 e. The average Bonchev–Trinajstić information content (AvgIpc) is 3.42. The minimum Gasteiger partial charge on any atom is -0.335 e. The van der Waals surface area contributed by atoms with Crippen molar-refractivity contribution in [1.29, 1.82) is 0 Å². The number of rotatable bonds is 3. The molecule has 4 rings (SSSR count). The number of hydrogen-bond donors (Lipinski definition) is 0. The predicted octanol–water partition coefficient (Wildman–Crippen LogP) is 5.40. The number of carbonyl (C=O) groups excluding carboxylic acids is 1. The van der Waals surface area contributed by atoms with Crippen molar-refractivity contribution in [3.63, 3.8) is 0 Å². The Morgan fingerprint density at radius 2 is 1.67 bits per heavy atom. The minimum absolute atomic E-state index is 0.0891. The molecule has 2 aliphatic rings. The summed E-state index contributed by atoms with van der Waals surface area (Å²) in [5, 5.41) is 0. The summed E-state index contributed by atoms with van der Waals surface area (Å²) in [5.41, 5.74) is 4.04. The van der Waals surface area contributed by atoms with E-state index in [2.05, 4.69) is 69.6 Å². The van der Waals surface area contributed by atoms with Gasteiger partial charge in [0.1, 0.15) is 5.84 Å². The number of fused-ring (bicyclic) bond motifs is 1. The molecule has 0 spiro atoms. The van der Waals surface area contributed by atoms with Crippen LogP contribution in [-0.4, -0.2) is 48.8 Å². The monoisotopic (exact) mass is 440 g/mol. The summed E-state index contributed by atoms with van der Waals surface area (Å²) in [7, 11) is 1.62. The fourth-order valence-corrected chi connectivity index (χ4v) is 5.21. The first-order chi connectivity index (χ1) is 16.1. The molecule has 2 aromatic carbocycles. The van der Waals surface area contributed by atoms with Crippen molar-refractivity contribution in [3.05, 3.63) is 72.3 Å². The number of amides is 1. The van der Waals surface area contributed by atoms with Gasteiger partial charge in [0.05, 0.1) is 0 Å². The molecule has 3 atom stereocenters. The summed E-state index contributed by atoms with van der Waals surface area (Å²) in [6.45, 7) is 5.27. The summed E-state index contributed by atoms with van der Waals surface area (Å²) in [4.78, 5) is 27.8. The van der Waals surface area contributed by atoms with Crippen molar-refractivity contribution in [1.82, 2.24) is 4.90 Å². The molecular weight excluding hydrogens is 408 g/mol. The lowest BCUT2D eigenvalue weighted by Crippen LogP contribution is -2.35. The Bertz CT molecular complexity index is 1090. The lowest BCUT2D eigenvalue weighted by Gasteiger charge is -2.21. The van der Waals surface area contributed by atoms with E-state index >= 15 is 0 Å². The molecule has 1 saturated carbocycles. The standard InChI is InChI=1S/C28H32N4O/c1-4-5-15-30-20(2)31-27(29-3)28(33)32-18-23-16-22(17-24(23)19-32)26-14-10-9-13-25(26)21-11-7-6-8-12-21/h4-15,22-24H,16-19H2,1-3H3/b5-4-,29-27?,30-15?,31-20?/t22?,23-,24+. The van der Waals surface area contributed by atoms with Gasteiger partial charge in [0, 0.05) is 26.4 Å². The van der Waals surface area contributed by atoms with Crippen molar-refractivity contribution in [2.75, 3.05) is 20.1 Å². The molecule has 170 valence electrons. The highest BCUT2D eigenvalue weighted by Gasteiger charge is 2.43. The van der Waals surface area contributed by atoms with E-state index in [1.807, 2.05) is 24.0 Å². The lowest BCUT2D eigenvalue weighted by atomic mass is 9.88. The molecule has 33 heavy (non-hydrogen) atoms.